The lowest BCUT2D eigenvalue weighted by Crippen LogP contribution is -2.41. The number of fused-ring (bicyclic) bond motifs is 3. The van der Waals surface area contributed by atoms with Crippen LogP contribution in [0.1, 0.15) is 39.3 Å². The van der Waals surface area contributed by atoms with Gasteiger partial charge in [0.2, 0.25) is 5.95 Å². The number of halogens is 1. The molecule has 8 nitrogen and oxygen atoms in total. The minimum Gasteiger partial charge on any atom is -0.294 e. The van der Waals surface area contributed by atoms with Crippen molar-refractivity contribution in [2.45, 2.75) is 46.3 Å². The molecule has 1 aliphatic rings. The second kappa shape index (κ2) is 6.68. The predicted molar refractivity (Wildman–Crippen MR) is 110 cm³/mol. The number of imidazole rings is 1. The van der Waals surface area contributed by atoms with E-state index in [0.29, 0.717) is 22.7 Å². The molecule has 0 aliphatic carbocycles. The minimum absolute atomic E-state index is 0.0338. The number of rotatable bonds is 3. The number of nitrogens with zero attached hydrogens (tertiary/aromatic N) is 6. The molecule has 0 saturated heterocycles. The molecule has 3 heterocycles. The summed E-state index contributed by atoms with van der Waals surface area (Å²) < 4.78 is 17.6. The molecule has 1 aliphatic heterocycles. The Balaban J connectivity index is 1.99. The number of aryl methyl sites for hydroxylation is 1. The average molecular weight is 398 g/mol. The van der Waals surface area contributed by atoms with Crippen LogP contribution in [0.4, 0.5) is 10.3 Å². The zero-order valence-electron chi connectivity index (χ0n) is 17.0. The molecule has 0 spiro atoms. The van der Waals surface area contributed by atoms with Crippen molar-refractivity contribution in [2.75, 3.05) is 5.01 Å². The molecular formula is C20H23FN6O2. The van der Waals surface area contributed by atoms with E-state index >= 15 is 0 Å². The van der Waals surface area contributed by atoms with Crippen molar-refractivity contribution in [3.8, 4) is 0 Å². The van der Waals surface area contributed by atoms with Gasteiger partial charge < -0.3 is 0 Å². The molecule has 152 valence electrons. The number of hydrazone groups is 1. The maximum atomic E-state index is 13.4. The normalized spacial score (nSPS) is 16.4. The topological polar surface area (TPSA) is 77.4 Å². The maximum Gasteiger partial charge on any atom is 0.332 e. The summed E-state index contributed by atoms with van der Waals surface area (Å²) in [4.78, 5) is 30.9. The van der Waals surface area contributed by atoms with Crippen LogP contribution in [0.3, 0.4) is 0 Å². The van der Waals surface area contributed by atoms with Gasteiger partial charge in [0, 0.05) is 7.05 Å². The van der Waals surface area contributed by atoms with Crippen molar-refractivity contribution in [1.29, 1.82) is 0 Å². The molecule has 0 fully saturated rings. The van der Waals surface area contributed by atoms with Gasteiger partial charge in [-0.3, -0.25) is 18.5 Å². The van der Waals surface area contributed by atoms with E-state index < -0.39 is 11.2 Å². The molecule has 3 aromatic rings. The van der Waals surface area contributed by atoms with Gasteiger partial charge in [0.1, 0.15) is 5.82 Å². The highest BCUT2D eigenvalue weighted by Gasteiger charge is 2.31. The standard InChI is InChI=1S/C20H23FN6O2/c1-11(2)27-19-22-17-16(26(19)13(4)12(3)23-27)18(28)25(20(29)24(17)5)10-14-6-8-15(21)9-7-14/h6-9,11,13H,10H2,1-5H3/t13-/m1/s1. The van der Waals surface area contributed by atoms with E-state index in [2.05, 4.69) is 10.1 Å². The lowest BCUT2D eigenvalue weighted by molar-refractivity contribution is 0.596. The highest BCUT2D eigenvalue weighted by molar-refractivity contribution is 5.91. The van der Waals surface area contributed by atoms with Gasteiger partial charge in [-0.15, -0.1) is 0 Å². The summed E-state index contributed by atoms with van der Waals surface area (Å²) in [6, 6.07) is 5.62. The molecule has 0 amide bonds. The fourth-order valence-electron chi connectivity index (χ4n) is 3.60. The third-order valence-electron chi connectivity index (χ3n) is 5.36. The second-order valence-corrected chi connectivity index (χ2v) is 7.67. The Morgan fingerprint density at radius 2 is 1.83 bits per heavy atom. The first kappa shape index (κ1) is 19.1. The maximum absolute atomic E-state index is 13.4. The van der Waals surface area contributed by atoms with Crippen LogP contribution in [0.15, 0.2) is 39.0 Å². The van der Waals surface area contributed by atoms with E-state index in [9.17, 15) is 14.0 Å². The fraction of sp³-hybridized carbons (Fsp3) is 0.400. The van der Waals surface area contributed by atoms with Crippen molar-refractivity contribution in [3.63, 3.8) is 0 Å². The molecule has 0 unspecified atom stereocenters. The van der Waals surface area contributed by atoms with E-state index in [0.717, 1.165) is 10.3 Å². The monoisotopic (exact) mass is 398 g/mol. The van der Waals surface area contributed by atoms with Gasteiger partial charge in [-0.05, 0) is 45.4 Å². The van der Waals surface area contributed by atoms with Crippen LogP contribution >= 0.6 is 0 Å². The lowest BCUT2D eigenvalue weighted by Gasteiger charge is -2.31. The molecule has 0 radical (unpaired) electrons. The average Bonchev–Trinajstić information content (AvgIpc) is 3.08. The van der Waals surface area contributed by atoms with Crippen molar-refractivity contribution in [2.24, 2.45) is 12.1 Å². The zero-order chi connectivity index (χ0) is 21.0. The number of hydrogen-bond acceptors (Lipinski definition) is 5. The Morgan fingerprint density at radius 1 is 1.17 bits per heavy atom. The summed E-state index contributed by atoms with van der Waals surface area (Å²) in [7, 11) is 1.60. The Kier molecular flexibility index (Phi) is 4.40. The minimum atomic E-state index is -0.469. The largest absolute Gasteiger partial charge is 0.332 e. The third kappa shape index (κ3) is 2.88. The van der Waals surface area contributed by atoms with Gasteiger partial charge in [-0.1, -0.05) is 12.1 Å². The van der Waals surface area contributed by atoms with Gasteiger partial charge >= 0.3 is 5.69 Å². The smallest absolute Gasteiger partial charge is 0.294 e. The molecule has 0 N–H and O–H groups in total. The van der Waals surface area contributed by atoms with Crippen molar-refractivity contribution in [1.82, 2.24) is 18.7 Å². The Labute approximate surface area is 166 Å². The lowest BCUT2D eigenvalue weighted by atomic mass is 10.2. The molecule has 0 bridgehead atoms. The zero-order valence-corrected chi connectivity index (χ0v) is 17.0. The number of hydrogen-bond donors (Lipinski definition) is 0. The van der Waals surface area contributed by atoms with Gasteiger partial charge in [-0.2, -0.15) is 10.1 Å². The van der Waals surface area contributed by atoms with Gasteiger partial charge in [0.15, 0.2) is 11.2 Å². The number of anilines is 1. The Bertz CT molecular complexity index is 1250. The number of benzene rings is 1. The van der Waals surface area contributed by atoms with Crippen LogP contribution in [0.5, 0.6) is 0 Å². The fourth-order valence-corrected chi connectivity index (χ4v) is 3.60. The van der Waals surface area contributed by atoms with E-state index in [-0.39, 0.29) is 24.4 Å². The van der Waals surface area contributed by atoms with Crippen LogP contribution in [0, 0.1) is 5.82 Å². The molecule has 4 rings (SSSR count). The Hall–Kier alpha value is -3.23. The van der Waals surface area contributed by atoms with Gasteiger partial charge in [0.05, 0.1) is 24.3 Å². The summed E-state index contributed by atoms with van der Waals surface area (Å²) >= 11 is 0. The summed E-state index contributed by atoms with van der Waals surface area (Å²) in [5.41, 5.74) is 1.31. The first-order valence-corrected chi connectivity index (χ1v) is 9.51. The molecular weight excluding hydrogens is 375 g/mol. The van der Waals surface area contributed by atoms with E-state index in [1.165, 1.54) is 16.7 Å². The summed E-state index contributed by atoms with van der Waals surface area (Å²) in [6.45, 7) is 7.89. The van der Waals surface area contributed by atoms with Crippen molar-refractivity contribution < 1.29 is 4.39 Å². The van der Waals surface area contributed by atoms with Crippen molar-refractivity contribution >= 4 is 22.8 Å². The predicted octanol–water partition coefficient (Wildman–Crippen LogP) is 2.25. The first-order chi connectivity index (χ1) is 13.7. The van der Waals surface area contributed by atoms with E-state index in [1.54, 1.807) is 24.2 Å². The summed E-state index contributed by atoms with van der Waals surface area (Å²) in [5.74, 6) is 0.173. The number of aromatic nitrogens is 4. The molecule has 2 aromatic heterocycles. The summed E-state index contributed by atoms with van der Waals surface area (Å²) in [6.07, 6.45) is 0. The van der Waals surface area contributed by atoms with Crippen LogP contribution in [0.2, 0.25) is 0 Å². The molecule has 0 saturated carbocycles. The van der Waals surface area contributed by atoms with Gasteiger partial charge in [0.25, 0.3) is 5.56 Å². The van der Waals surface area contributed by atoms with E-state index in [1.807, 2.05) is 32.3 Å². The van der Waals surface area contributed by atoms with Crippen LogP contribution < -0.4 is 16.3 Å². The van der Waals surface area contributed by atoms with E-state index in [4.69, 9.17) is 0 Å². The summed E-state index contributed by atoms with van der Waals surface area (Å²) in [5, 5.41) is 6.38. The van der Waals surface area contributed by atoms with Crippen LogP contribution in [-0.2, 0) is 13.6 Å². The highest BCUT2D eigenvalue weighted by atomic mass is 19.1. The SMILES string of the molecule is CC1=NN(C(C)C)c2nc3c(c(=O)n(Cc4ccc(F)cc4)c(=O)n3C)n2[C@@H]1C. The van der Waals surface area contributed by atoms with Crippen LogP contribution in [-0.4, -0.2) is 30.4 Å². The molecule has 1 aromatic carbocycles. The molecule has 1 atom stereocenters. The first-order valence-electron chi connectivity index (χ1n) is 9.51. The molecule has 9 heteroatoms. The molecule has 29 heavy (non-hydrogen) atoms. The van der Waals surface area contributed by atoms with Gasteiger partial charge in [-0.25, -0.2) is 14.2 Å². The second-order valence-electron chi connectivity index (χ2n) is 7.67. The Morgan fingerprint density at radius 3 is 2.45 bits per heavy atom. The quantitative estimate of drug-likeness (QED) is 0.678. The van der Waals surface area contributed by atoms with Crippen LogP contribution in [0.25, 0.3) is 11.2 Å². The highest BCUT2D eigenvalue weighted by Crippen LogP contribution is 2.30. The third-order valence-corrected chi connectivity index (χ3v) is 5.36. The van der Waals surface area contributed by atoms with Crippen molar-refractivity contribution in [3.05, 3.63) is 56.5 Å².